The molecule has 0 aliphatic carbocycles. The molecule has 3 aromatic rings. The zero-order valence-corrected chi connectivity index (χ0v) is 13.2. The number of nitrogens with one attached hydrogen (secondary N) is 1. The molecular formula is C14H10BrClN2S. The highest BCUT2D eigenvalue weighted by molar-refractivity contribution is 9.10. The van der Waals surface area contributed by atoms with Gasteiger partial charge in [0.2, 0.25) is 0 Å². The van der Waals surface area contributed by atoms with E-state index < -0.39 is 0 Å². The number of imidazole rings is 1. The molecule has 3 rings (SSSR count). The number of nitrogens with zero attached hydrogens (tertiary/aromatic N) is 1. The van der Waals surface area contributed by atoms with Gasteiger partial charge in [0.1, 0.15) is 0 Å². The summed E-state index contributed by atoms with van der Waals surface area (Å²) in [6.07, 6.45) is 0. The molecule has 0 saturated heterocycles. The van der Waals surface area contributed by atoms with Gasteiger partial charge in [-0.25, -0.2) is 0 Å². The highest BCUT2D eigenvalue weighted by Crippen LogP contribution is 2.27. The summed E-state index contributed by atoms with van der Waals surface area (Å²) in [7, 11) is 0. The molecule has 0 aliphatic rings. The second kappa shape index (κ2) is 4.78. The monoisotopic (exact) mass is 352 g/mol. The summed E-state index contributed by atoms with van der Waals surface area (Å²) >= 11 is 15.0. The molecule has 5 heteroatoms. The normalized spacial score (nSPS) is 11.1. The van der Waals surface area contributed by atoms with Crippen LogP contribution in [0, 0.1) is 11.7 Å². The quantitative estimate of drug-likeness (QED) is 0.580. The lowest BCUT2D eigenvalue weighted by molar-refractivity contribution is 1.05. The molecule has 0 amide bonds. The van der Waals surface area contributed by atoms with Crippen LogP contribution in [0.15, 0.2) is 40.9 Å². The van der Waals surface area contributed by atoms with Gasteiger partial charge in [0.15, 0.2) is 4.77 Å². The Bertz CT molecular complexity index is 835. The first-order chi connectivity index (χ1) is 9.06. The van der Waals surface area contributed by atoms with E-state index in [1.807, 2.05) is 22.8 Å². The van der Waals surface area contributed by atoms with Crippen LogP contribution in [-0.2, 0) is 0 Å². The number of aryl methyl sites for hydroxylation is 1. The highest BCUT2D eigenvalue weighted by atomic mass is 79.9. The van der Waals surface area contributed by atoms with Gasteiger partial charge < -0.3 is 4.98 Å². The van der Waals surface area contributed by atoms with Gasteiger partial charge in [-0.2, -0.15) is 0 Å². The van der Waals surface area contributed by atoms with E-state index in [9.17, 15) is 0 Å². The van der Waals surface area contributed by atoms with Crippen molar-refractivity contribution < 1.29 is 0 Å². The molecular weight excluding hydrogens is 344 g/mol. The lowest BCUT2D eigenvalue weighted by Crippen LogP contribution is -1.95. The van der Waals surface area contributed by atoms with Gasteiger partial charge in [-0.15, -0.1) is 0 Å². The van der Waals surface area contributed by atoms with Gasteiger partial charge in [-0.05, 0) is 71.0 Å². The van der Waals surface area contributed by atoms with Crippen molar-refractivity contribution in [2.45, 2.75) is 6.92 Å². The van der Waals surface area contributed by atoms with Crippen LogP contribution >= 0.6 is 39.7 Å². The third kappa shape index (κ3) is 2.24. The molecule has 0 saturated carbocycles. The maximum Gasteiger partial charge on any atom is 0.182 e. The van der Waals surface area contributed by atoms with Gasteiger partial charge in [-0.1, -0.05) is 17.7 Å². The molecule has 0 radical (unpaired) electrons. The van der Waals surface area contributed by atoms with Gasteiger partial charge in [0.25, 0.3) is 0 Å². The molecule has 2 aromatic carbocycles. The molecule has 1 N–H and O–H groups in total. The van der Waals surface area contributed by atoms with E-state index >= 15 is 0 Å². The largest absolute Gasteiger partial charge is 0.330 e. The highest BCUT2D eigenvalue weighted by Gasteiger charge is 2.09. The minimum absolute atomic E-state index is 0.654. The third-order valence-corrected chi connectivity index (χ3v) is 4.14. The molecule has 1 aromatic heterocycles. The maximum absolute atomic E-state index is 6.01. The Morgan fingerprint density at radius 3 is 2.74 bits per heavy atom. The van der Waals surface area contributed by atoms with Crippen molar-refractivity contribution in [2.75, 3.05) is 0 Å². The SMILES string of the molecule is Cc1ccc(-n2c(=S)[nH]c3cc(Cl)ccc32)c(Br)c1. The van der Waals surface area contributed by atoms with Crippen LogP contribution in [0.4, 0.5) is 0 Å². The Kier molecular flexibility index (Phi) is 3.25. The van der Waals surface area contributed by atoms with Crippen LogP contribution in [0.2, 0.25) is 5.02 Å². The van der Waals surface area contributed by atoms with Gasteiger partial charge >= 0.3 is 0 Å². The fraction of sp³-hybridized carbons (Fsp3) is 0.0714. The second-order valence-corrected chi connectivity index (χ2v) is 6.06. The van der Waals surface area contributed by atoms with Gasteiger partial charge in [-0.3, -0.25) is 4.57 Å². The summed E-state index contributed by atoms with van der Waals surface area (Å²) in [4.78, 5) is 3.18. The molecule has 2 nitrogen and oxygen atoms in total. The van der Waals surface area contributed by atoms with Crippen molar-refractivity contribution in [3.8, 4) is 5.69 Å². The van der Waals surface area contributed by atoms with E-state index in [0.717, 1.165) is 21.2 Å². The molecule has 0 fully saturated rings. The second-order valence-electron chi connectivity index (χ2n) is 4.38. The van der Waals surface area contributed by atoms with Crippen molar-refractivity contribution in [2.24, 2.45) is 0 Å². The fourth-order valence-electron chi connectivity index (χ4n) is 2.12. The predicted molar refractivity (Wildman–Crippen MR) is 85.9 cm³/mol. The molecule has 0 bridgehead atoms. The van der Waals surface area contributed by atoms with Gasteiger partial charge in [0, 0.05) is 9.50 Å². The zero-order chi connectivity index (χ0) is 13.6. The average molecular weight is 354 g/mol. The minimum atomic E-state index is 0.654. The van der Waals surface area contributed by atoms with E-state index in [4.69, 9.17) is 23.8 Å². The minimum Gasteiger partial charge on any atom is -0.330 e. The number of fused-ring (bicyclic) bond motifs is 1. The molecule has 96 valence electrons. The van der Waals surface area contributed by atoms with Crippen LogP contribution in [0.5, 0.6) is 0 Å². The number of hydrogen-bond acceptors (Lipinski definition) is 1. The zero-order valence-electron chi connectivity index (χ0n) is 10.1. The lowest BCUT2D eigenvalue weighted by atomic mass is 10.2. The van der Waals surface area contributed by atoms with Crippen molar-refractivity contribution in [3.63, 3.8) is 0 Å². The van der Waals surface area contributed by atoms with Crippen molar-refractivity contribution in [1.82, 2.24) is 9.55 Å². The number of halogens is 2. The van der Waals surface area contributed by atoms with Crippen LogP contribution in [0.1, 0.15) is 5.56 Å². The van der Waals surface area contributed by atoms with E-state index in [0.29, 0.717) is 9.79 Å². The first-order valence-corrected chi connectivity index (χ1v) is 7.31. The smallest absolute Gasteiger partial charge is 0.182 e. The summed E-state index contributed by atoms with van der Waals surface area (Å²) in [6, 6.07) is 11.9. The summed E-state index contributed by atoms with van der Waals surface area (Å²) in [6.45, 7) is 2.06. The van der Waals surface area contributed by atoms with Crippen LogP contribution < -0.4 is 0 Å². The Morgan fingerprint density at radius 2 is 2.00 bits per heavy atom. The first-order valence-electron chi connectivity index (χ1n) is 5.73. The standard InChI is InChI=1S/C14H10BrClN2S/c1-8-2-4-12(10(15)6-8)18-13-5-3-9(16)7-11(13)17-14(18)19/h2-7H,1H3,(H,17,19). The Labute approximate surface area is 129 Å². The van der Waals surface area contributed by atoms with Crippen LogP contribution in [-0.4, -0.2) is 9.55 Å². The lowest BCUT2D eigenvalue weighted by Gasteiger charge is -2.08. The summed E-state index contributed by atoms with van der Waals surface area (Å²) in [5.41, 5.74) is 4.16. The van der Waals surface area contributed by atoms with E-state index in [1.165, 1.54) is 5.56 Å². The third-order valence-electron chi connectivity index (χ3n) is 2.99. The van der Waals surface area contributed by atoms with Crippen molar-refractivity contribution in [3.05, 3.63) is 56.2 Å². The summed E-state index contributed by atoms with van der Waals surface area (Å²) in [5.74, 6) is 0. The van der Waals surface area contributed by atoms with Crippen molar-refractivity contribution >= 4 is 50.8 Å². The number of rotatable bonds is 1. The van der Waals surface area contributed by atoms with E-state index in [2.05, 4.69) is 46.0 Å². The van der Waals surface area contributed by atoms with Crippen molar-refractivity contribution in [1.29, 1.82) is 0 Å². The van der Waals surface area contributed by atoms with E-state index in [1.54, 1.807) is 0 Å². The topological polar surface area (TPSA) is 20.7 Å². The molecule has 0 unspecified atom stereocenters. The van der Waals surface area contributed by atoms with Crippen LogP contribution in [0.25, 0.3) is 16.7 Å². The number of H-pyrrole nitrogens is 1. The Hall–Kier alpha value is -1.10. The first kappa shape index (κ1) is 12.9. The summed E-state index contributed by atoms with van der Waals surface area (Å²) < 4.78 is 3.67. The number of aromatic amines is 1. The van der Waals surface area contributed by atoms with E-state index in [-0.39, 0.29) is 0 Å². The number of benzene rings is 2. The van der Waals surface area contributed by atoms with Gasteiger partial charge in [0.05, 0.1) is 16.7 Å². The fourth-order valence-corrected chi connectivity index (χ4v) is 3.27. The Balaban J connectivity index is 2.36. The molecule has 0 aliphatic heterocycles. The van der Waals surface area contributed by atoms with Crippen LogP contribution in [0.3, 0.4) is 0 Å². The number of aromatic nitrogens is 2. The Morgan fingerprint density at radius 1 is 1.21 bits per heavy atom. The molecule has 0 spiro atoms. The maximum atomic E-state index is 6.01. The molecule has 0 atom stereocenters. The predicted octanol–water partition coefficient (Wildman–Crippen LogP) is 5.41. The molecule has 19 heavy (non-hydrogen) atoms. The average Bonchev–Trinajstić information content (AvgIpc) is 2.65. The summed E-state index contributed by atoms with van der Waals surface area (Å²) in [5, 5.41) is 0.693. The number of hydrogen-bond donors (Lipinski definition) is 1. The molecule has 1 heterocycles.